The Morgan fingerprint density at radius 2 is 2.13 bits per heavy atom. The lowest BCUT2D eigenvalue weighted by Gasteiger charge is -2.33. The van der Waals surface area contributed by atoms with Gasteiger partial charge in [0.2, 0.25) is 5.95 Å². The van der Waals surface area contributed by atoms with Crippen molar-refractivity contribution in [3.05, 3.63) is 10.7 Å². The quantitative estimate of drug-likeness (QED) is 0.830. The number of amides is 1. The van der Waals surface area contributed by atoms with Crippen molar-refractivity contribution in [1.29, 1.82) is 0 Å². The number of nitrogens with two attached hydrogens (primary N) is 1. The second kappa shape index (κ2) is 7.33. The predicted molar refractivity (Wildman–Crippen MR) is 93.2 cm³/mol. The highest BCUT2D eigenvalue weighted by molar-refractivity contribution is 9.10. The summed E-state index contributed by atoms with van der Waals surface area (Å²) in [5.74, 6) is 1.43. The lowest BCUT2D eigenvalue weighted by atomic mass is 9.97. The molecular formula is C15H24BrN5O2. The summed E-state index contributed by atoms with van der Waals surface area (Å²) in [6.45, 7) is 7.87. The summed E-state index contributed by atoms with van der Waals surface area (Å²) in [7, 11) is 0. The molecule has 0 bridgehead atoms. The third kappa shape index (κ3) is 5.53. The molecule has 7 nitrogen and oxygen atoms in total. The van der Waals surface area contributed by atoms with Crippen molar-refractivity contribution in [2.45, 2.75) is 39.2 Å². The van der Waals surface area contributed by atoms with Crippen LogP contribution in [0.2, 0.25) is 0 Å². The van der Waals surface area contributed by atoms with Gasteiger partial charge in [0, 0.05) is 25.8 Å². The first kappa shape index (κ1) is 17.8. The summed E-state index contributed by atoms with van der Waals surface area (Å²) < 4.78 is 6.19. The first-order valence-corrected chi connectivity index (χ1v) is 8.54. The number of likely N-dealkylation sites (tertiary alicyclic amines) is 1. The molecule has 0 unspecified atom stereocenters. The third-order valence-corrected chi connectivity index (χ3v) is 4.17. The molecule has 128 valence electrons. The van der Waals surface area contributed by atoms with E-state index in [0.29, 0.717) is 24.8 Å². The molecule has 0 saturated carbocycles. The lowest BCUT2D eigenvalue weighted by molar-refractivity contribution is 0.0188. The number of carbonyl (C=O) groups excluding carboxylic acids is 1. The molecule has 1 aromatic heterocycles. The Hall–Kier alpha value is -1.57. The second-order valence-electron chi connectivity index (χ2n) is 6.72. The van der Waals surface area contributed by atoms with Gasteiger partial charge in [-0.3, -0.25) is 0 Å². The van der Waals surface area contributed by atoms with Crippen LogP contribution < -0.4 is 11.1 Å². The number of piperidine rings is 1. The van der Waals surface area contributed by atoms with Crippen LogP contribution in [0.5, 0.6) is 0 Å². The van der Waals surface area contributed by atoms with Gasteiger partial charge in [-0.15, -0.1) is 0 Å². The van der Waals surface area contributed by atoms with E-state index in [1.807, 2.05) is 20.8 Å². The Morgan fingerprint density at radius 1 is 1.48 bits per heavy atom. The molecule has 0 spiro atoms. The van der Waals surface area contributed by atoms with E-state index in [4.69, 9.17) is 10.5 Å². The summed E-state index contributed by atoms with van der Waals surface area (Å²) in [6, 6.07) is 0. The SMILES string of the molecule is CC(C)(C)OC(=O)N1CCC(CNc2nc(N)ncc2Br)CC1. The van der Waals surface area contributed by atoms with E-state index in [1.54, 1.807) is 11.1 Å². The highest BCUT2D eigenvalue weighted by Gasteiger charge is 2.26. The summed E-state index contributed by atoms with van der Waals surface area (Å²) in [6.07, 6.45) is 3.28. The van der Waals surface area contributed by atoms with E-state index in [9.17, 15) is 4.79 Å². The van der Waals surface area contributed by atoms with Gasteiger partial charge in [0.1, 0.15) is 11.4 Å². The van der Waals surface area contributed by atoms with E-state index in [0.717, 1.165) is 23.9 Å². The van der Waals surface area contributed by atoms with Crippen molar-refractivity contribution < 1.29 is 9.53 Å². The Kier molecular flexibility index (Phi) is 5.67. The number of nitrogen functional groups attached to an aromatic ring is 1. The topological polar surface area (TPSA) is 93.4 Å². The molecule has 0 aromatic carbocycles. The first-order chi connectivity index (χ1) is 10.7. The van der Waals surface area contributed by atoms with Crippen LogP contribution in [0, 0.1) is 5.92 Å². The maximum absolute atomic E-state index is 12.0. The van der Waals surface area contributed by atoms with Crippen molar-refractivity contribution in [2.24, 2.45) is 5.92 Å². The lowest BCUT2D eigenvalue weighted by Crippen LogP contribution is -2.42. The zero-order valence-corrected chi connectivity index (χ0v) is 15.4. The molecule has 23 heavy (non-hydrogen) atoms. The number of nitrogens with zero attached hydrogens (tertiary/aromatic N) is 3. The largest absolute Gasteiger partial charge is 0.444 e. The van der Waals surface area contributed by atoms with Crippen molar-refractivity contribution in [1.82, 2.24) is 14.9 Å². The Balaban J connectivity index is 1.79. The molecule has 1 aromatic rings. The zero-order valence-electron chi connectivity index (χ0n) is 13.8. The van der Waals surface area contributed by atoms with Gasteiger partial charge in [-0.05, 0) is 55.5 Å². The van der Waals surface area contributed by atoms with Crippen LogP contribution in [0.4, 0.5) is 16.6 Å². The van der Waals surface area contributed by atoms with Crippen LogP contribution >= 0.6 is 15.9 Å². The molecule has 8 heteroatoms. The number of rotatable bonds is 3. The van der Waals surface area contributed by atoms with Crippen LogP contribution in [0.15, 0.2) is 10.7 Å². The zero-order chi connectivity index (χ0) is 17.0. The monoisotopic (exact) mass is 385 g/mol. The fraction of sp³-hybridized carbons (Fsp3) is 0.667. The van der Waals surface area contributed by atoms with Gasteiger partial charge >= 0.3 is 6.09 Å². The highest BCUT2D eigenvalue weighted by Crippen LogP contribution is 2.23. The van der Waals surface area contributed by atoms with E-state index in [1.165, 1.54) is 0 Å². The van der Waals surface area contributed by atoms with Gasteiger partial charge in [-0.2, -0.15) is 4.98 Å². The Bertz CT molecular complexity index is 553. The number of carbonyl (C=O) groups is 1. The van der Waals surface area contributed by atoms with E-state index in [2.05, 4.69) is 31.2 Å². The van der Waals surface area contributed by atoms with Gasteiger partial charge in [-0.25, -0.2) is 9.78 Å². The Morgan fingerprint density at radius 3 is 2.74 bits per heavy atom. The molecule has 1 saturated heterocycles. The van der Waals surface area contributed by atoms with Crippen molar-refractivity contribution in [3.63, 3.8) is 0 Å². The third-order valence-electron chi connectivity index (χ3n) is 3.59. The number of halogens is 1. The molecule has 2 rings (SSSR count). The van der Waals surface area contributed by atoms with Crippen LogP contribution in [0.25, 0.3) is 0 Å². The van der Waals surface area contributed by atoms with Crippen molar-refractivity contribution >= 4 is 33.8 Å². The van der Waals surface area contributed by atoms with Gasteiger partial charge in [0.25, 0.3) is 0 Å². The fourth-order valence-electron chi connectivity index (χ4n) is 2.39. The molecule has 1 aliphatic rings. The second-order valence-corrected chi connectivity index (χ2v) is 7.57. The van der Waals surface area contributed by atoms with Crippen LogP contribution in [-0.2, 0) is 4.74 Å². The van der Waals surface area contributed by atoms with E-state index < -0.39 is 5.60 Å². The first-order valence-electron chi connectivity index (χ1n) is 7.74. The summed E-state index contributed by atoms with van der Waals surface area (Å²) in [5.41, 5.74) is 5.15. The molecule has 2 heterocycles. The maximum Gasteiger partial charge on any atom is 0.410 e. The van der Waals surface area contributed by atoms with Gasteiger partial charge < -0.3 is 20.7 Å². The number of anilines is 2. The number of hydrogen-bond acceptors (Lipinski definition) is 6. The summed E-state index contributed by atoms with van der Waals surface area (Å²) >= 11 is 3.40. The van der Waals surface area contributed by atoms with Crippen LogP contribution in [0.3, 0.4) is 0 Å². The summed E-state index contributed by atoms with van der Waals surface area (Å²) in [4.78, 5) is 21.9. The summed E-state index contributed by atoms with van der Waals surface area (Å²) in [5, 5.41) is 3.29. The minimum Gasteiger partial charge on any atom is -0.444 e. The van der Waals surface area contributed by atoms with Crippen LogP contribution in [-0.4, -0.2) is 46.2 Å². The van der Waals surface area contributed by atoms with Crippen LogP contribution in [0.1, 0.15) is 33.6 Å². The van der Waals surface area contributed by atoms with Gasteiger partial charge in [-0.1, -0.05) is 0 Å². The predicted octanol–water partition coefficient (Wildman–Crippen LogP) is 2.88. The number of ether oxygens (including phenoxy) is 1. The average molecular weight is 386 g/mol. The van der Waals surface area contributed by atoms with Gasteiger partial charge in [0.15, 0.2) is 0 Å². The van der Waals surface area contributed by atoms with Gasteiger partial charge in [0.05, 0.1) is 4.47 Å². The molecule has 0 aliphatic carbocycles. The van der Waals surface area contributed by atoms with Crippen molar-refractivity contribution in [2.75, 3.05) is 30.7 Å². The molecule has 3 N–H and O–H groups in total. The van der Waals surface area contributed by atoms with E-state index >= 15 is 0 Å². The normalized spacial score (nSPS) is 16.3. The molecule has 0 radical (unpaired) electrons. The number of aromatic nitrogens is 2. The van der Waals surface area contributed by atoms with Crippen molar-refractivity contribution in [3.8, 4) is 0 Å². The molecular weight excluding hydrogens is 362 g/mol. The minimum atomic E-state index is -0.450. The number of nitrogens with one attached hydrogen (secondary N) is 1. The average Bonchev–Trinajstić information content (AvgIpc) is 2.47. The minimum absolute atomic E-state index is 0.227. The molecule has 0 atom stereocenters. The molecule has 1 amide bonds. The highest BCUT2D eigenvalue weighted by atomic mass is 79.9. The number of hydrogen-bond donors (Lipinski definition) is 2. The Labute approximate surface area is 145 Å². The van der Waals surface area contributed by atoms with E-state index in [-0.39, 0.29) is 12.0 Å². The molecule has 1 aliphatic heterocycles. The molecule has 1 fully saturated rings. The fourth-order valence-corrected chi connectivity index (χ4v) is 2.72. The standard InChI is InChI=1S/C15H24BrN5O2/c1-15(2,3)23-14(22)21-6-4-10(5-7-21)8-18-12-11(16)9-19-13(17)20-12/h9-10H,4-8H2,1-3H3,(H3,17,18,19,20). The smallest absolute Gasteiger partial charge is 0.410 e. The maximum atomic E-state index is 12.0.